The third-order valence-corrected chi connectivity index (χ3v) is 4.43. The summed E-state index contributed by atoms with van der Waals surface area (Å²) < 4.78 is 7.85. The normalized spacial score (nSPS) is 19.1. The lowest BCUT2D eigenvalue weighted by atomic mass is 10.2. The lowest BCUT2D eigenvalue weighted by Crippen LogP contribution is -2.31. The molecule has 1 amide bonds. The molecule has 0 bridgehead atoms. The average Bonchev–Trinajstić information content (AvgIpc) is 2.95. The van der Waals surface area contributed by atoms with Gasteiger partial charge in [-0.2, -0.15) is 0 Å². The molecule has 1 fully saturated rings. The molecule has 0 spiro atoms. The second-order valence-electron chi connectivity index (χ2n) is 4.17. The molecular weight excluding hydrogens is 270 g/mol. The largest absolute Gasteiger partial charge is 0.384 e. The third-order valence-electron chi connectivity index (χ3n) is 2.97. The van der Waals surface area contributed by atoms with Crippen LogP contribution >= 0.6 is 23.6 Å². The number of hydrogen-bond donors (Lipinski definition) is 2. The van der Waals surface area contributed by atoms with Gasteiger partial charge in [-0.25, -0.2) is 0 Å². The Morgan fingerprint density at radius 1 is 1.72 bits per heavy atom. The van der Waals surface area contributed by atoms with E-state index in [2.05, 4.69) is 5.32 Å². The van der Waals surface area contributed by atoms with E-state index in [0.29, 0.717) is 27.7 Å². The fourth-order valence-electron chi connectivity index (χ4n) is 1.97. The molecule has 0 aromatic carbocycles. The van der Waals surface area contributed by atoms with Crippen LogP contribution in [-0.2, 0) is 11.3 Å². The fraction of sp³-hybridized carbons (Fsp3) is 0.636. The van der Waals surface area contributed by atoms with Crippen LogP contribution < -0.4 is 11.1 Å². The van der Waals surface area contributed by atoms with Crippen LogP contribution in [-0.4, -0.2) is 29.7 Å². The van der Waals surface area contributed by atoms with Crippen molar-refractivity contribution in [3.05, 3.63) is 8.83 Å². The first-order valence-corrected chi connectivity index (χ1v) is 7.24. The minimum absolute atomic E-state index is 0.136. The molecule has 0 saturated carbocycles. The number of nitrogens with one attached hydrogen (secondary N) is 1. The van der Waals surface area contributed by atoms with Crippen LogP contribution in [0.1, 0.15) is 29.4 Å². The highest BCUT2D eigenvalue weighted by atomic mass is 32.1. The summed E-state index contributed by atoms with van der Waals surface area (Å²) in [6, 6.07) is 0. The molecule has 0 aliphatic carbocycles. The maximum Gasteiger partial charge on any atom is 0.265 e. The summed E-state index contributed by atoms with van der Waals surface area (Å²) in [6.45, 7) is 3.95. The van der Waals surface area contributed by atoms with Crippen molar-refractivity contribution in [3.63, 3.8) is 0 Å². The van der Waals surface area contributed by atoms with E-state index >= 15 is 0 Å². The van der Waals surface area contributed by atoms with E-state index in [4.69, 9.17) is 22.7 Å². The highest BCUT2D eigenvalue weighted by molar-refractivity contribution is 7.73. The van der Waals surface area contributed by atoms with Gasteiger partial charge in [-0.05, 0) is 32.0 Å². The van der Waals surface area contributed by atoms with Crippen molar-refractivity contribution in [2.75, 3.05) is 18.9 Å². The molecule has 1 aliphatic rings. The van der Waals surface area contributed by atoms with Crippen LogP contribution in [0.5, 0.6) is 0 Å². The van der Waals surface area contributed by atoms with E-state index in [9.17, 15) is 4.79 Å². The Kier molecular flexibility index (Phi) is 4.36. The summed E-state index contributed by atoms with van der Waals surface area (Å²) in [5.74, 6) is 0.295. The topological polar surface area (TPSA) is 69.3 Å². The number of amides is 1. The van der Waals surface area contributed by atoms with Gasteiger partial charge in [-0.1, -0.05) is 11.3 Å². The number of nitrogens with zero attached hydrogens (tertiary/aromatic N) is 1. The number of hydrogen-bond acceptors (Lipinski definition) is 5. The van der Waals surface area contributed by atoms with Crippen molar-refractivity contribution < 1.29 is 9.53 Å². The van der Waals surface area contributed by atoms with Gasteiger partial charge in [-0.15, -0.1) is 0 Å². The average molecular weight is 287 g/mol. The standard InChI is InChI=1S/C11H17N3O2S2/c1-2-14-9(12)8(18-11(14)17)10(15)13-6-7-4-3-5-16-7/h7H,2-6,12H2,1H3,(H,13,15)/t7-/m1/s1. The summed E-state index contributed by atoms with van der Waals surface area (Å²) >= 11 is 6.42. The Bertz CT molecular complexity index is 489. The smallest absolute Gasteiger partial charge is 0.265 e. The van der Waals surface area contributed by atoms with E-state index in [1.807, 2.05) is 6.92 Å². The molecule has 1 saturated heterocycles. The molecule has 0 radical (unpaired) electrons. The van der Waals surface area contributed by atoms with E-state index in [0.717, 1.165) is 19.4 Å². The molecule has 0 unspecified atom stereocenters. The number of nitrogens with two attached hydrogens (primary N) is 1. The lowest BCUT2D eigenvalue weighted by Gasteiger charge is -2.10. The molecule has 2 heterocycles. The van der Waals surface area contributed by atoms with Gasteiger partial charge in [0.2, 0.25) is 0 Å². The zero-order valence-electron chi connectivity index (χ0n) is 10.3. The van der Waals surface area contributed by atoms with Crippen LogP contribution in [0.2, 0.25) is 0 Å². The molecule has 1 aromatic heterocycles. The Hall–Kier alpha value is -0.920. The maximum absolute atomic E-state index is 12.0. The number of carbonyl (C=O) groups excluding carboxylic acids is 1. The summed E-state index contributed by atoms with van der Waals surface area (Å²) in [6.07, 6.45) is 2.20. The second kappa shape index (κ2) is 5.81. The first-order chi connectivity index (χ1) is 8.63. The molecule has 3 N–H and O–H groups in total. The SMILES string of the molecule is CCn1c(N)c(C(=O)NC[C@H]2CCCO2)sc1=S. The second-order valence-corrected chi connectivity index (χ2v) is 5.82. The number of nitrogen functional groups attached to an aromatic ring is 1. The van der Waals surface area contributed by atoms with Gasteiger partial charge in [0.1, 0.15) is 10.7 Å². The number of ether oxygens (including phenoxy) is 1. The van der Waals surface area contributed by atoms with E-state index < -0.39 is 0 Å². The van der Waals surface area contributed by atoms with E-state index in [1.54, 1.807) is 4.57 Å². The highest BCUT2D eigenvalue weighted by Gasteiger charge is 2.19. The van der Waals surface area contributed by atoms with Crippen molar-refractivity contribution >= 4 is 35.3 Å². The molecule has 1 atom stereocenters. The monoisotopic (exact) mass is 287 g/mol. The van der Waals surface area contributed by atoms with Crippen molar-refractivity contribution in [2.45, 2.75) is 32.4 Å². The van der Waals surface area contributed by atoms with Gasteiger partial charge in [0, 0.05) is 19.7 Å². The summed E-state index contributed by atoms with van der Waals surface area (Å²) in [5.41, 5.74) is 5.91. The summed E-state index contributed by atoms with van der Waals surface area (Å²) in [4.78, 5) is 12.5. The van der Waals surface area contributed by atoms with Gasteiger partial charge in [0.25, 0.3) is 5.91 Å². The molecule has 5 nitrogen and oxygen atoms in total. The Morgan fingerprint density at radius 2 is 2.50 bits per heavy atom. The predicted octanol–water partition coefficient (Wildman–Crippen LogP) is 1.79. The van der Waals surface area contributed by atoms with Crippen LogP contribution in [0.4, 0.5) is 5.82 Å². The molecule has 100 valence electrons. The Balaban J connectivity index is 2.02. The van der Waals surface area contributed by atoms with E-state index in [1.165, 1.54) is 11.3 Å². The van der Waals surface area contributed by atoms with Crippen molar-refractivity contribution in [3.8, 4) is 0 Å². The van der Waals surface area contributed by atoms with Gasteiger partial charge < -0.3 is 20.4 Å². The highest BCUT2D eigenvalue weighted by Crippen LogP contribution is 2.22. The van der Waals surface area contributed by atoms with Gasteiger partial charge >= 0.3 is 0 Å². The maximum atomic E-state index is 12.0. The molecular formula is C11H17N3O2S2. The fourth-order valence-corrected chi connectivity index (χ4v) is 3.34. The number of anilines is 1. The molecule has 7 heteroatoms. The third kappa shape index (κ3) is 2.73. The molecule has 2 rings (SSSR count). The molecule has 18 heavy (non-hydrogen) atoms. The first kappa shape index (κ1) is 13.5. The van der Waals surface area contributed by atoms with Crippen LogP contribution in [0, 0.1) is 3.95 Å². The zero-order valence-corrected chi connectivity index (χ0v) is 11.9. The minimum atomic E-state index is -0.161. The van der Waals surface area contributed by atoms with Gasteiger partial charge in [0.15, 0.2) is 3.95 Å². The number of thiazole rings is 1. The van der Waals surface area contributed by atoms with Crippen LogP contribution in [0.15, 0.2) is 0 Å². The quantitative estimate of drug-likeness (QED) is 0.828. The Labute approximate surface area is 115 Å². The van der Waals surface area contributed by atoms with Gasteiger partial charge in [0.05, 0.1) is 6.10 Å². The van der Waals surface area contributed by atoms with Crippen LogP contribution in [0.3, 0.4) is 0 Å². The van der Waals surface area contributed by atoms with Crippen LogP contribution in [0.25, 0.3) is 0 Å². The summed E-state index contributed by atoms with van der Waals surface area (Å²) in [5, 5.41) is 2.85. The minimum Gasteiger partial charge on any atom is -0.384 e. The van der Waals surface area contributed by atoms with Crippen molar-refractivity contribution in [2.24, 2.45) is 0 Å². The number of aromatic nitrogens is 1. The number of carbonyl (C=O) groups is 1. The number of rotatable bonds is 4. The van der Waals surface area contributed by atoms with Gasteiger partial charge in [-0.3, -0.25) is 4.79 Å². The predicted molar refractivity (Wildman–Crippen MR) is 74.5 cm³/mol. The molecule has 1 aromatic rings. The van der Waals surface area contributed by atoms with E-state index in [-0.39, 0.29) is 12.0 Å². The van der Waals surface area contributed by atoms with Crippen molar-refractivity contribution in [1.82, 2.24) is 9.88 Å². The summed E-state index contributed by atoms with van der Waals surface area (Å²) in [7, 11) is 0. The molecule has 1 aliphatic heterocycles. The first-order valence-electron chi connectivity index (χ1n) is 6.02. The Morgan fingerprint density at radius 3 is 3.06 bits per heavy atom. The van der Waals surface area contributed by atoms with Crippen molar-refractivity contribution in [1.29, 1.82) is 0 Å². The lowest BCUT2D eigenvalue weighted by molar-refractivity contribution is 0.0861. The zero-order chi connectivity index (χ0) is 13.1.